The fourth-order valence-corrected chi connectivity index (χ4v) is 4.36. The van der Waals surface area contributed by atoms with Crippen LogP contribution in [-0.2, 0) is 20.7 Å². The van der Waals surface area contributed by atoms with Crippen LogP contribution < -0.4 is 9.47 Å². The molecule has 1 aliphatic rings. The number of carbonyl (C=O) groups excluding carboxylic acids is 2. The Morgan fingerprint density at radius 2 is 1.91 bits per heavy atom. The maximum absolute atomic E-state index is 12.8. The summed E-state index contributed by atoms with van der Waals surface area (Å²) in [6.45, 7) is 2.70. The zero-order valence-electron chi connectivity index (χ0n) is 18.7. The van der Waals surface area contributed by atoms with Crippen molar-refractivity contribution in [3.05, 3.63) is 64.6 Å². The standard InChI is InChI=1S/C25H27NO5S2/c1-3-4-13-31-23(27)17-26-24(28)22(33-25(26)32)16-19-10-11-20(21(15-19)29-2)30-14-12-18-8-6-5-7-9-18/h5-11,15-16H,3-4,12-14,17H2,1-2H3/b22-16-. The van der Waals surface area contributed by atoms with Crippen LogP contribution in [0, 0.1) is 0 Å². The minimum atomic E-state index is -0.459. The minimum Gasteiger partial charge on any atom is -0.493 e. The third-order valence-corrected chi connectivity index (χ3v) is 6.28. The number of benzene rings is 2. The fraction of sp³-hybridized carbons (Fsp3) is 0.320. The normalized spacial score (nSPS) is 14.6. The van der Waals surface area contributed by atoms with E-state index in [0.717, 1.165) is 24.8 Å². The van der Waals surface area contributed by atoms with Gasteiger partial charge in [-0.3, -0.25) is 14.5 Å². The molecule has 1 fully saturated rings. The molecule has 0 radical (unpaired) electrons. The first-order valence-electron chi connectivity index (χ1n) is 10.8. The van der Waals surface area contributed by atoms with Gasteiger partial charge < -0.3 is 14.2 Å². The van der Waals surface area contributed by atoms with E-state index in [2.05, 4.69) is 12.1 Å². The van der Waals surface area contributed by atoms with Crippen LogP contribution in [0.4, 0.5) is 0 Å². The van der Waals surface area contributed by atoms with Crippen LogP contribution >= 0.6 is 24.0 Å². The van der Waals surface area contributed by atoms with Crippen LogP contribution in [0.3, 0.4) is 0 Å². The largest absolute Gasteiger partial charge is 0.493 e. The van der Waals surface area contributed by atoms with Gasteiger partial charge in [-0.1, -0.05) is 73.7 Å². The van der Waals surface area contributed by atoms with Crippen LogP contribution in [0.5, 0.6) is 11.5 Å². The molecule has 0 unspecified atom stereocenters. The molecule has 0 N–H and O–H groups in total. The molecule has 33 heavy (non-hydrogen) atoms. The fourth-order valence-electron chi connectivity index (χ4n) is 3.11. The predicted octanol–water partition coefficient (Wildman–Crippen LogP) is 4.86. The molecule has 174 valence electrons. The third-order valence-electron chi connectivity index (χ3n) is 4.90. The lowest BCUT2D eigenvalue weighted by atomic mass is 10.1. The summed E-state index contributed by atoms with van der Waals surface area (Å²) in [6, 6.07) is 15.6. The Morgan fingerprint density at radius 1 is 1.12 bits per heavy atom. The second kappa shape index (κ2) is 12.4. The lowest BCUT2D eigenvalue weighted by Crippen LogP contribution is -2.34. The van der Waals surface area contributed by atoms with E-state index in [0.29, 0.717) is 33.9 Å². The van der Waals surface area contributed by atoms with Gasteiger partial charge in [0.05, 0.1) is 25.2 Å². The summed E-state index contributed by atoms with van der Waals surface area (Å²) >= 11 is 6.46. The van der Waals surface area contributed by atoms with Crippen molar-refractivity contribution in [1.29, 1.82) is 0 Å². The van der Waals surface area contributed by atoms with Crippen molar-refractivity contribution >= 4 is 46.3 Å². The van der Waals surface area contributed by atoms with E-state index >= 15 is 0 Å². The summed E-state index contributed by atoms with van der Waals surface area (Å²) in [6.07, 6.45) is 4.24. The first-order valence-corrected chi connectivity index (χ1v) is 12.0. The first kappa shape index (κ1) is 24.8. The highest BCUT2D eigenvalue weighted by atomic mass is 32.2. The zero-order valence-corrected chi connectivity index (χ0v) is 20.4. The molecule has 0 spiro atoms. The topological polar surface area (TPSA) is 65.1 Å². The Labute approximate surface area is 203 Å². The molecule has 0 atom stereocenters. The number of carbonyl (C=O) groups is 2. The molecule has 2 aromatic rings. The van der Waals surface area contributed by atoms with E-state index in [9.17, 15) is 9.59 Å². The molecule has 3 rings (SSSR count). The Kier molecular flexibility index (Phi) is 9.33. The highest BCUT2D eigenvalue weighted by Gasteiger charge is 2.33. The molecule has 6 nitrogen and oxygen atoms in total. The molecule has 8 heteroatoms. The van der Waals surface area contributed by atoms with Gasteiger partial charge in [-0.2, -0.15) is 0 Å². The van der Waals surface area contributed by atoms with Gasteiger partial charge >= 0.3 is 5.97 Å². The Balaban J connectivity index is 1.63. The summed E-state index contributed by atoms with van der Waals surface area (Å²) in [5.41, 5.74) is 1.97. The van der Waals surface area contributed by atoms with Crippen LogP contribution in [0.1, 0.15) is 30.9 Å². The maximum atomic E-state index is 12.8. The summed E-state index contributed by atoms with van der Waals surface area (Å²) < 4.78 is 16.9. The van der Waals surface area contributed by atoms with Gasteiger partial charge in [-0.25, -0.2) is 0 Å². The molecule has 0 aliphatic carbocycles. The Morgan fingerprint density at radius 3 is 2.64 bits per heavy atom. The number of methoxy groups -OCH3 is 1. The van der Waals surface area contributed by atoms with Gasteiger partial charge in [0.2, 0.25) is 0 Å². The lowest BCUT2D eigenvalue weighted by Gasteiger charge is -2.13. The molecule has 0 saturated carbocycles. The van der Waals surface area contributed by atoms with Crippen molar-refractivity contribution in [3.63, 3.8) is 0 Å². The van der Waals surface area contributed by atoms with E-state index < -0.39 is 5.97 Å². The third kappa shape index (κ3) is 7.07. The highest BCUT2D eigenvalue weighted by Crippen LogP contribution is 2.34. The molecule has 1 heterocycles. The minimum absolute atomic E-state index is 0.177. The van der Waals surface area contributed by atoms with E-state index in [1.165, 1.54) is 22.2 Å². The molecule has 1 saturated heterocycles. The number of nitrogens with zero attached hydrogens (tertiary/aromatic N) is 1. The van der Waals surface area contributed by atoms with Crippen molar-refractivity contribution in [2.24, 2.45) is 0 Å². The number of rotatable bonds is 11. The quantitative estimate of drug-likeness (QED) is 0.195. The van der Waals surface area contributed by atoms with E-state index in [1.54, 1.807) is 13.2 Å². The number of hydrogen-bond acceptors (Lipinski definition) is 7. The second-order valence-corrected chi connectivity index (χ2v) is 9.01. The smallest absolute Gasteiger partial charge is 0.326 e. The molecule has 1 amide bonds. The number of thioether (sulfide) groups is 1. The summed E-state index contributed by atoms with van der Waals surface area (Å²) in [5, 5.41) is 0. The van der Waals surface area contributed by atoms with E-state index in [1.807, 2.05) is 43.3 Å². The molecule has 2 aromatic carbocycles. The van der Waals surface area contributed by atoms with Gasteiger partial charge in [-0.15, -0.1) is 0 Å². The monoisotopic (exact) mass is 485 g/mol. The maximum Gasteiger partial charge on any atom is 0.326 e. The lowest BCUT2D eigenvalue weighted by molar-refractivity contribution is -0.146. The van der Waals surface area contributed by atoms with Gasteiger partial charge in [0, 0.05) is 6.42 Å². The molecular formula is C25H27NO5S2. The number of esters is 1. The zero-order chi connectivity index (χ0) is 23.6. The van der Waals surface area contributed by atoms with Gasteiger partial charge in [0.15, 0.2) is 11.5 Å². The Bertz CT molecular complexity index is 1020. The van der Waals surface area contributed by atoms with Crippen LogP contribution in [-0.4, -0.2) is 48.0 Å². The summed E-state index contributed by atoms with van der Waals surface area (Å²) in [5.74, 6) is 0.444. The van der Waals surface area contributed by atoms with Crippen molar-refractivity contribution in [2.75, 3.05) is 26.9 Å². The van der Waals surface area contributed by atoms with Gasteiger partial charge in [-0.05, 0) is 35.8 Å². The van der Waals surface area contributed by atoms with Crippen molar-refractivity contribution in [2.45, 2.75) is 26.2 Å². The summed E-state index contributed by atoms with van der Waals surface area (Å²) in [4.78, 5) is 26.5. The van der Waals surface area contributed by atoms with Crippen LogP contribution in [0.25, 0.3) is 6.08 Å². The number of unbranched alkanes of at least 4 members (excludes halogenated alkanes) is 1. The Hall–Kier alpha value is -2.84. The number of thiocarbonyl (C=S) groups is 1. The predicted molar refractivity (Wildman–Crippen MR) is 134 cm³/mol. The van der Waals surface area contributed by atoms with Gasteiger partial charge in [0.25, 0.3) is 5.91 Å². The number of hydrogen-bond donors (Lipinski definition) is 0. The van der Waals surface area contributed by atoms with Crippen LogP contribution in [0.15, 0.2) is 53.4 Å². The van der Waals surface area contributed by atoms with Crippen LogP contribution in [0.2, 0.25) is 0 Å². The van der Waals surface area contributed by atoms with Crippen molar-refractivity contribution in [1.82, 2.24) is 4.90 Å². The number of ether oxygens (including phenoxy) is 3. The SMILES string of the molecule is CCCCOC(=O)CN1C(=O)/C(=C/c2ccc(OCCc3ccccc3)c(OC)c2)SC1=S. The summed E-state index contributed by atoms with van der Waals surface area (Å²) in [7, 11) is 1.58. The van der Waals surface area contributed by atoms with Crippen molar-refractivity contribution < 1.29 is 23.8 Å². The first-order chi connectivity index (χ1) is 16.0. The average molecular weight is 486 g/mol. The van der Waals surface area contributed by atoms with Crippen molar-refractivity contribution in [3.8, 4) is 11.5 Å². The molecular weight excluding hydrogens is 458 g/mol. The van der Waals surface area contributed by atoms with E-state index in [4.69, 9.17) is 26.4 Å². The van der Waals surface area contributed by atoms with Gasteiger partial charge in [0.1, 0.15) is 10.9 Å². The van der Waals surface area contributed by atoms with E-state index in [-0.39, 0.29) is 12.5 Å². The molecule has 1 aliphatic heterocycles. The average Bonchev–Trinajstić information content (AvgIpc) is 3.08. The second-order valence-electron chi connectivity index (χ2n) is 7.34. The molecule has 0 aromatic heterocycles. The molecule has 0 bridgehead atoms. The highest BCUT2D eigenvalue weighted by molar-refractivity contribution is 8.26. The number of amides is 1.